The van der Waals surface area contributed by atoms with Crippen LogP contribution in [-0.4, -0.2) is 18.0 Å². The van der Waals surface area contributed by atoms with Gasteiger partial charge in [0, 0.05) is 7.05 Å². The highest BCUT2D eigenvalue weighted by molar-refractivity contribution is 7.91. The molecule has 0 bridgehead atoms. The smallest absolute Gasteiger partial charge is 0.236 e. The number of aryl methyl sites for hydroxylation is 2. The van der Waals surface area contributed by atoms with Gasteiger partial charge in [0.2, 0.25) is 10.0 Å². The molecule has 0 unspecified atom stereocenters. The van der Waals surface area contributed by atoms with Crippen LogP contribution in [0.2, 0.25) is 0 Å². The molecule has 1 heterocycles. The average molecular weight is 315 g/mol. The molecule has 0 aliphatic rings. The van der Waals surface area contributed by atoms with Crippen molar-refractivity contribution in [3.63, 3.8) is 0 Å². The number of aromatic nitrogens is 2. The molecule has 22 heavy (non-hydrogen) atoms. The van der Waals surface area contributed by atoms with Crippen LogP contribution < -0.4 is 4.72 Å². The van der Waals surface area contributed by atoms with Crippen molar-refractivity contribution >= 4 is 26.7 Å². The molecule has 0 atom stereocenters. The van der Waals surface area contributed by atoms with Gasteiger partial charge in [-0.25, -0.2) is 13.4 Å². The standard InChI is InChI=1S/C16H17N3O2S/c1-12-5-3-4-6-13(12)10-22(20,21)18-14-7-8-16-15(9-14)17-11-19(16)2/h3-9,11,18H,10H2,1-2H3. The molecule has 0 aliphatic heterocycles. The molecule has 2 aromatic carbocycles. The quantitative estimate of drug-likeness (QED) is 0.805. The number of hydrogen-bond donors (Lipinski definition) is 1. The van der Waals surface area contributed by atoms with E-state index in [9.17, 15) is 8.42 Å². The van der Waals surface area contributed by atoms with Crippen molar-refractivity contribution in [1.29, 1.82) is 0 Å². The first-order valence-corrected chi connectivity index (χ1v) is 8.56. The Kier molecular flexibility index (Phi) is 3.62. The van der Waals surface area contributed by atoms with Gasteiger partial charge in [0.1, 0.15) is 0 Å². The molecule has 0 amide bonds. The maximum atomic E-state index is 12.3. The highest BCUT2D eigenvalue weighted by Crippen LogP contribution is 2.20. The van der Waals surface area contributed by atoms with E-state index >= 15 is 0 Å². The molecule has 1 aromatic heterocycles. The van der Waals surface area contributed by atoms with E-state index in [1.807, 2.05) is 48.9 Å². The molecule has 0 saturated heterocycles. The molecule has 0 fully saturated rings. The predicted octanol–water partition coefficient (Wildman–Crippen LogP) is 2.82. The number of nitrogens with zero attached hydrogens (tertiary/aromatic N) is 2. The first kappa shape index (κ1) is 14.6. The Morgan fingerprint density at radius 3 is 2.73 bits per heavy atom. The third-order valence-electron chi connectivity index (χ3n) is 3.61. The van der Waals surface area contributed by atoms with E-state index in [2.05, 4.69) is 9.71 Å². The van der Waals surface area contributed by atoms with Crippen molar-refractivity contribution in [1.82, 2.24) is 9.55 Å². The van der Waals surface area contributed by atoms with E-state index in [0.29, 0.717) is 5.69 Å². The third kappa shape index (κ3) is 2.96. The maximum Gasteiger partial charge on any atom is 0.236 e. The lowest BCUT2D eigenvalue weighted by atomic mass is 10.1. The van der Waals surface area contributed by atoms with Crippen molar-refractivity contribution in [2.75, 3.05) is 4.72 Å². The Bertz CT molecular complexity index is 929. The minimum atomic E-state index is -3.46. The minimum Gasteiger partial charge on any atom is -0.334 e. The molecule has 1 N–H and O–H groups in total. The van der Waals surface area contributed by atoms with Gasteiger partial charge in [-0.1, -0.05) is 24.3 Å². The molecule has 0 spiro atoms. The summed E-state index contributed by atoms with van der Waals surface area (Å²) in [6, 6.07) is 12.8. The Labute approximate surface area is 129 Å². The van der Waals surface area contributed by atoms with Crippen LogP contribution in [0.4, 0.5) is 5.69 Å². The number of sulfonamides is 1. The maximum absolute atomic E-state index is 12.3. The van der Waals surface area contributed by atoms with Crippen molar-refractivity contribution in [2.24, 2.45) is 7.05 Å². The molecule has 0 aliphatic carbocycles. The first-order valence-electron chi connectivity index (χ1n) is 6.91. The summed E-state index contributed by atoms with van der Waals surface area (Å²) in [6.45, 7) is 1.91. The van der Waals surface area contributed by atoms with Gasteiger partial charge in [-0.2, -0.15) is 0 Å². The van der Waals surface area contributed by atoms with Crippen LogP contribution in [0.25, 0.3) is 11.0 Å². The van der Waals surface area contributed by atoms with E-state index in [0.717, 1.165) is 22.2 Å². The number of imidazole rings is 1. The summed E-state index contributed by atoms with van der Waals surface area (Å²) < 4.78 is 29.2. The zero-order valence-corrected chi connectivity index (χ0v) is 13.3. The molecule has 0 radical (unpaired) electrons. The Morgan fingerprint density at radius 2 is 1.95 bits per heavy atom. The van der Waals surface area contributed by atoms with E-state index in [-0.39, 0.29) is 5.75 Å². The zero-order chi connectivity index (χ0) is 15.7. The van der Waals surface area contributed by atoms with Crippen LogP contribution in [0.3, 0.4) is 0 Å². The summed E-state index contributed by atoms with van der Waals surface area (Å²) in [5.74, 6) is -0.0417. The van der Waals surface area contributed by atoms with Gasteiger partial charge in [-0.15, -0.1) is 0 Å². The van der Waals surface area contributed by atoms with Crippen molar-refractivity contribution < 1.29 is 8.42 Å². The Morgan fingerprint density at radius 1 is 1.18 bits per heavy atom. The van der Waals surface area contributed by atoms with Crippen LogP contribution in [0, 0.1) is 6.92 Å². The molecule has 3 aromatic rings. The number of anilines is 1. The van der Waals surface area contributed by atoms with E-state index in [1.54, 1.807) is 18.5 Å². The van der Waals surface area contributed by atoms with Crippen LogP contribution in [-0.2, 0) is 22.8 Å². The van der Waals surface area contributed by atoms with Crippen LogP contribution in [0.1, 0.15) is 11.1 Å². The van der Waals surface area contributed by atoms with Crippen molar-refractivity contribution in [2.45, 2.75) is 12.7 Å². The monoisotopic (exact) mass is 315 g/mol. The lowest BCUT2D eigenvalue weighted by Gasteiger charge is -2.10. The van der Waals surface area contributed by atoms with Gasteiger partial charge in [0.05, 0.1) is 28.8 Å². The largest absolute Gasteiger partial charge is 0.334 e. The van der Waals surface area contributed by atoms with Crippen LogP contribution >= 0.6 is 0 Å². The number of benzene rings is 2. The predicted molar refractivity (Wildman–Crippen MR) is 88.1 cm³/mol. The van der Waals surface area contributed by atoms with Gasteiger partial charge in [0.25, 0.3) is 0 Å². The molecule has 6 heteroatoms. The molecule has 0 saturated carbocycles. The molecular weight excluding hydrogens is 298 g/mol. The fraction of sp³-hybridized carbons (Fsp3) is 0.188. The highest BCUT2D eigenvalue weighted by atomic mass is 32.2. The van der Waals surface area contributed by atoms with Crippen molar-refractivity contribution in [3.05, 3.63) is 59.9 Å². The molecule has 5 nitrogen and oxygen atoms in total. The lowest BCUT2D eigenvalue weighted by molar-refractivity contribution is 0.600. The van der Waals surface area contributed by atoms with Crippen LogP contribution in [0.5, 0.6) is 0 Å². The topological polar surface area (TPSA) is 64.0 Å². The lowest BCUT2D eigenvalue weighted by Crippen LogP contribution is -2.15. The van der Waals surface area contributed by atoms with Crippen LogP contribution in [0.15, 0.2) is 48.8 Å². The number of rotatable bonds is 4. The molecule has 3 rings (SSSR count). The number of hydrogen-bond acceptors (Lipinski definition) is 3. The van der Waals surface area contributed by atoms with E-state index in [4.69, 9.17) is 0 Å². The molecular formula is C16H17N3O2S. The fourth-order valence-corrected chi connectivity index (χ4v) is 3.68. The highest BCUT2D eigenvalue weighted by Gasteiger charge is 2.13. The van der Waals surface area contributed by atoms with Gasteiger partial charge >= 0.3 is 0 Å². The van der Waals surface area contributed by atoms with E-state index < -0.39 is 10.0 Å². The summed E-state index contributed by atoms with van der Waals surface area (Å²) in [5, 5.41) is 0. The van der Waals surface area contributed by atoms with Gasteiger partial charge in [-0.05, 0) is 36.2 Å². The SMILES string of the molecule is Cc1ccccc1CS(=O)(=O)Nc1ccc2c(c1)ncn2C. The van der Waals surface area contributed by atoms with Gasteiger partial charge < -0.3 is 4.57 Å². The Hall–Kier alpha value is -2.34. The second-order valence-corrected chi connectivity index (χ2v) is 7.07. The zero-order valence-electron chi connectivity index (χ0n) is 12.4. The summed E-state index contributed by atoms with van der Waals surface area (Å²) in [5.41, 5.74) is 4.02. The normalized spacial score (nSPS) is 11.7. The second-order valence-electron chi connectivity index (χ2n) is 5.35. The Balaban J connectivity index is 1.85. The van der Waals surface area contributed by atoms with Crippen molar-refractivity contribution in [3.8, 4) is 0 Å². The second kappa shape index (κ2) is 5.46. The summed E-state index contributed by atoms with van der Waals surface area (Å²) >= 11 is 0. The molecule has 114 valence electrons. The minimum absolute atomic E-state index is 0.0417. The number of fused-ring (bicyclic) bond motifs is 1. The fourth-order valence-electron chi connectivity index (χ4n) is 2.39. The summed E-state index contributed by atoms with van der Waals surface area (Å²) in [7, 11) is -1.56. The first-order chi connectivity index (χ1) is 10.4. The van der Waals surface area contributed by atoms with E-state index in [1.165, 1.54) is 0 Å². The summed E-state index contributed by atoms with van der Waals surface area (Å²) in [6.07, 6.45) is 1.70. The average Bonchev–Trinajstić information content (AvgIpc) is 2.82. The third-order valence-corrected chi connectivity index (χ3v) is 4.84. The number of nitrogens with one attached hydrogen (secondary N) is 1. The van der Waals surface area contributed by atoms with Gasteiger partial charge in [0.15, 0.2) is 0 Å². The van der Waals surface area contributed by atoms with Gasteiger partial charge in [-0.3, -0.25) is 4.72 Å². The summed E-state index contributed by atoms with van der Waals surface area (Å²) in [4.78, 5) is 4.24.